The van der Waals surface area contributed by atoms with E-state index in [2.05, 4.69) is 15.6 Å². The van der Waals surface area contributed by atoms with Crippen molar-refractivity contribution in [2.24, 2.45) is 0 Å². The molecule has 14 heteroatoms. The number of hydrogen-bond acceptors (Lipinski definition) is 10. The molecule has 1 unspecified atom stereocenters. The molecule has 0 spiro atoms. The van der Waals surface area contributed by atoms with E-state index in [9.17, 15) is 9.13 Å². The Balaban J connectivity index is 2.31. The highest BCUT2D eigenvalue weighted by atomic mass is 35.5. The van der Waals surface area contributed by atoms with Crippen molar-refractivity contribution in [3.05, 3.63) is 41.2 Å². The van der Waals surface area contributed by atoms with Crippen LogP contribution in [0.1, 0.15) is 33.3 Å². The Hall–Kier alpha value is -0.900. The summed E-state index contributed by atoms with van der Waals surface area (Å²) in [6.07, 6.45) is 1.47. The van der Waals surface area contributed by atoms with E-state index in [0.717, 1.165) is 0 Å². The largest absolute Gasteiger partial charge is 0.349 e. The summed E-state index contributed by atoms with van der Waals surface area (Å²) in [4.78, 5) is -1.35. The van der Waals surface area contributed by atoms with Gasteiger partial charge in [-0.25, -0.2) is 4.68 Å². The lowest BCUT2D eigenvalue weighted by Gasteiger charge is -2.42. The highest BCUT2D eigenvalue weighted by Gasteiger charge is 2.66. The fourth-order valence-corrected chi connectivity index (χ4v) is 11.4. The zero-order chi connectivity index (χ0) is 23.4. The lowest BCUT2D eigenvalue weighted by molar-refractivity contribution is 0.190. The molecule has 1 atom stereocenters. The molecule has 0 aliphatic carbocycles. The average Bonchev–Trinajstić information content (AvgIpc) is 3.29. The van der Waals surface area contributed by atoms with E-state index < -0.39 is 25.5 Å². The van der Waals surface area contributed by atoms with Gasteiger partial charge in [-0.05, 0) is 57.2 Å². The SMILES string of the molecule is CCOP(=O)(OCC)C(C1(c2ccc(Cl)cc2)Nn2cnnc2S1)P(=O)(OCC)OCC. The summed E-state index contributed by atoms with van der Waals surface area (Å²) in [7, 11) is -8.19. The van der Waals surface area contributed by atoms with E-state index in [1.807, 2.05) is 0 Å². The van der Waals surface area contributed by atoms with E-state index in [4.69, 9.17) is 29.7 Å². The summed E-state index contributed by atoms with van der Waals surface area (Å²) >= 11 is 7.31. The summed E-state index contributed by atoms with van der Waals surface area (Å²) in [5.41, 5.74) is 3.87. The van der Waals surface area contributed by atoms with Gasteiger partial charge in [0, 0.05) is 5.02 Å². The summed E-state index contributed by atoms with van der Waals surface area (Å²) in [6, 6.07) is 6.88. The topological polar surface area (TPSA) is 114 Å². The molecule has 10 nitrogen and oxygen atoms in total. The van der Waals surface area contributed by atoms with E-state index >= 15 is 0 Å². The van der Waals surface area contributed by atoms with Crippen LogP contribution in [-0.4, -0.2) is 46.7 Å². The maximum Gasteiger partial charge on any atom is 0.349 e. The van der Waals surface area contributed by atoms with E-state index in [0.29, 0.717) is 15.7 Å². The van der Waals surface area contributed by atoms with Gasteiger partial charge in [0.05, 0.1) is 26.4 Å². The van der Waals surface area contributed by atoms with E-state index in [-0.39, 0.29) is 26.4 Å². The minimum atomic E-state index is -4.10. The molecule has 178 valence electrons. The molecule has 0 fully saturated rings. The number of aromatic nitrogens is 3. The molecule has 0 saturated heterocycles. The Kier molecular flexibility index (Phi) is 8.50. The summed E-state index contributed by atoms with van der Waals surface area (Å²) in [6.45, 7) is 7.03. The number of benzene rings is 1. The first-order valence-corrected chi connectivity index (χ1v) is 14.6. The fraction of sp³-hybridized carbons (Fsp3) is 0.556. The fourth-order valence-electron chi connectivity index (χ4n) is 3.49. The predicted octanol–water partition coefficient (Wildman–Crippen LogP) is 5.29. The normalized spacial score (nSPS) is 18.7. The molecule has 0 radical (unpaired) electrons. The highest BCUT2D eigenvalue weighted by molar-refractivity contribution is 8.01. The van der Waals surface area contributed by atoms with Gasteiger partial charge in [-0.1, -0.05) is 23.7 Å². The number of hydrogen-bond donors (Lipinski definition) is 1. The third-order valence-electron chi connectivity index (χ3n) is 4.53. The summed E-state index contributed by atoms with van der Waals surface area (Å²) in [5.74, 6) is 0. The third kappa shape index (κ3) is 4.81. The van der Waals surface area contributed by atoms with Crippen molar-refractivity contribution >= 4 is 38.6 Å². The van der Waals surface area contributed by atoms with Crippen LogP contribution in [0.3, 0.4) is 0 Å². The number of thioether (sulfide) groups is 1. The summed E-state index contributed by atoms with van der Waals surface area (Å²) in [5, 5.41) is 7.61. The van der Waals surface area contributed by atoms with E-state index in [1.165, 1.54) is 18.1 Å². The maximum absolute atomic E-state index is 14.3. The quantitative estimate of drug-likeness (QED) is 0.367. The Bertz CT molecular complexity index is 937. The van der Waals surface area contributed by atoms with Gasteiger partial charge in [-0.3, -0.25) is 14.6 Å². The lowest BCUT2D eigenvalue weighted by atomic mass is 10.1. The highest BCUT2D eigenvalue weighted by Crippen LogP contribution is 2.77. The molecule has 2 heterocycles. The van der Waals surface area contributed by atoms with Crippen LogP contribution in [0, 0.1) is 0 Å². The second-order valence-electron chi connectivity index (χ2n) is 6.56. The van der Waals surface area contributed by atoms with Gasteiger partial charge in [0.1, 0.15) is 6.33 Å². The molecular formula is C18H27ClN4O6P2S. The van der Waals surface area contributed by atoms with Crippen molar-refractivity contribution < 1.29 is 27.2 Å². The summed E-state index contributed by atoms with van der Waals surface area (Å²) < 4.78 is 53.0. The van der Waals surface area contributed by atoms with Gasteiger partial charge in [0.2, 0.25) is 10.6 Å². The van der Waals surface area contributed by atoms with Crippen LogP contribution >= 0.6 is 38.6 Å². The Morgan fingerprint density at radius 1 is 1.00 bits per heavy atom. The maximum atomic E-state index is 14.3. The molecule has 3 rings (SSSR count). The molecule has 1 N–H and O–H groups in total. The zero-order valence-corrected chi connectivity index (χ0v) is 21.6. The van der Waals surface area contributed by atoms with Crippen LogP contribution in [0.2, 0.25) is 5.02 Å². The van der Waals surface area contributed by atoms with Crippen molar-refractivity contribution in [1.82, 2.24) is 14.9 Å². The molecule has 0 saturated carbocycles. The predicted molar refractivity (Wildman–Crippen MR) is 124 cm³/mol. The van der Waals surface area contributed by atoms with Crippen molar-refractivity contribution in [3.8, 4) is 0 Å². The molecule has 1 aromatic heterocycles. The smallest absolute Gasteiger partial charge is 0.308 e. The third-order valence-corrected chi connectivity index (χ3v) is 12.6. The van der Waals surface area contributed by atoms with Crippen molar-refractivity contribution in [1.29, 1.82) is 0 Å². The van der Waals surface area contributed by atoms with Gasteiger partial charge < -0.3 is 18.1 Å². The monoisotopic (exact) mass is 524 g/mol. The lowest BCUT2D eigenvalue weighted by Crippen LogP contribution is -2.45. The number of halogens is 1. The van der Waals surface area contributed by atoms with Gasteiger partial charge in [-0.15, -0.1) is 10.2 Å². The first-order chi connectivity index (χ1) is 15.3. The molecule has 32 heavy (non-hydrogen) atoms. The average molecular weight is 525 g/mol. The molecular weight excluding hydrogens is 498 g/mol. The molecule has 2 aromatic rings. The van der Waals surface area contributed by atoms with E-state index in [1.54, 1.807) is 56.6 Å². The Labute approximate surface area is 196 Å². The number of fused-ring (bicyclic) bond motifs is 1. The minimum absolute atomic E-state index is 0.0690. The van der Waals surface area contributed by atoms with Crippen molar-refractivity contribution in [2.45, 2.75) is 43.1 Å². The van der Waals surface area contributed by atoms with Gasteiger partial charge >= 0.3 is 15.2 Å². The molecule has 0 amide bonds. The first-order valence-electron chi connectivity index (χ1n) is 10.2. The Morgan fingerprint density at radius 2 is 1.50 bits per heavy atom. The van der Waals surface area contributed by atoms with Gasteiger partial charge in [-0.2, -0.15) is 0 Å². The number of nitrogens with one attached hydrogen (secondary N) is 1. The second kappa shape index (κ2) is 10.6. The molecule has 0 bridgehead atoms. The van der Waals surface area contributed by atoms with Gasteiger partial charge in [0.15, 0.2) is 4.87 Å². The number of rotatable bonds is 12. The Morgan fingerprint density at radius 3 is 1.94 bits per heavy atom. The minimum Gasteiger partial charge on any atom is -0.308 e. The second-order valence-corrected chi connectivity index (χ2v) is 12.8. The van der Waals surface area contributed by atoms with Crippen LogP contribution < -0.4 is 5.43 Å². The van der Waals surface area contributed by atoms with Crippen LogP contribution in [0.4, 0.5) is 0 Å². The molecule has 1 aliphatic rings. The van der Waals surface area contributed by atoms with Gasteiger partial charge in [0.25, 0.3) is 0 Å². The van der Waals surface area contributed by atoms with Crippen LogP contribution in [0.25, 0.3) is 0 Å². The van der Waals surface area contributed by atoms with Crippen LogP contribution in [0.5, 0.6) is 0 Å². The first kappa shape index (κ1) is 25.7. The van der Waals surface area contributed by atoms with Crippen LogP contribution in [0.15, 0.2) is 35.7 Å². The molecule has 1 aromatic carbocycles. The standard InChI is InChI=1S/C18H27ClN4O6P2S/c1-5-26-30(24,27-6-2)16(31(25,28-7-3)29-8-4)18(14-9-11-15(19)12-10-14)22-23-13-20-21-17(23)32-18/h9-13,16,22H,5-8H2,1-4H3. The zero-order valence-electron chi connectivity index (χ0n) is 18.3. The molecule has 1 aliphatic heterocycles. The van der Waals surface area contributed by atoms with Crippen LogP contribution in [-0.2, 0) is 32.1 Å². The number of nitrogens with zero attached hydrogens (tertiary/aromatic N) is 3. The van der Waals surface area contributed by atoms with Crippen molar-refractivity contribution in [2.75, 3.05) is 31.9 Å². The van der Waals surface area contributed by atoms with Crippen molar-refractivity contribution in [3.63, 3.8) is 0 Å².